The van der Waals surface area contributed by atoms with Gasteiger partial charge in [-0.15, -0.1) is 0 Å². The number of hydrogen-bond acceptors (Lipinski definition) is 2. The lowest BCUT2D eigenvalue weighted by Gasteiger charge is -2.62. The van der Waals surface area contributed by atoms with Crippen LogP contribution in [0.1, 0.15) is 72.1 Å². The molecule has 6 atom stereocenters. The molecule has 0 spiro atoms. The Hall–Kier alpha value is -0.630. The summed E-state index contributed by atoms with van der Waals surface area (Å²) in [5.74, 6) is 1.77. The Balaban J connectivity index is 1.74. The molecule has 0 radical (unpaired) electrons. The zero-order chi connectivity index (χ0) is 15.8. The summed E-state index contributed by atoms with van der Waals surface area (Å²) in [7, 11) is 0. The Bertz CT molecular complexity index is 550. The molecule has 0 heterocycles. The first-order chi connectivity index (χ1) is 10.3. The van der Waals surface area contributed by atoms with Crippen LogP contribution in [0.3, 0.4) is 0 Å². The van der Waals surface area contributed by atoms with E-state index in [2.05, 4.69) is 20.8 Å². The molecule has 22 heavy (non-hydrogen) atoms. The molecule has 0 aromatic heterocycles. The van der Waals surface area contributed by atoms with Gasteiger partial charge in [-0.1, -0.05) is 26.3 Å². The maximum atomic E-state index is 11.9. The molecule has 1 N–H and O–H groups in total. The van der Waals surface area contributed by atoms with Crippen molar-refractivity contribution in [3.8, 4) is 0 Å². The fourth-order valence-electron chi connectivity index (χ4n) is 6.93. The second-order valence-corrected chi connectivity index (χ2v) is 9.23. The number of aliphatic hydroxyl groups excluding tert-OH is 1. The SMILES string of the molecule is CC12CCC(=O)C=C1CCC1C2CCC2(C)C(O)CCC12C. The van der Waals surface area contributed by atoms with Crippen LogP contribution in [0.15, 0.2) is 11.6 Å². The zero-order valence-corrected chi connectivity index (χ0v) is 14.3. The monoisotopic (exact) mass is 302 g/mol. The van der Waals surface area contributed by atoms with Crippen LogP contribution < -0.4 is 0 Å². The smallest absolute Gasteiger partial charge is 0.155 e. The van der Waals surface area contributed by atoms with E-state index in [1.165, 1.54) is 24.8 Å². The van der Waals surface area contributed by atoms with E-state index in [1.54, 1.807) is 0 Å². The number of fused-ring (bicyclic) bond motifs is 5. The molecule has 4 aliphatic carbocycles. The number of rotatable bonds is 0. The molecule has 0 aliphatic heterocycles. The summed E-state index contributed by atoms with van der Waals surface area (Å²) in [5, 5.41) is 10.6. The molecular weight excluding hydrogens is 272 g/mol. The van der Waals surface area contributed by atoms with Crippen LogP contribution in [0.5, 0.6) is 0 Å². The van der Waals surface area contributed by atoms with Crippen molar-refractivity contribution in [3.05, 3.63) is 11.6 Å². The minimum atomic E-state index is -0.115. The van der Waals surface area contributed by atoms with Crippen LogP contribution in [-0.4, -0.2) is 17.0 Å². The third-order valence-electron chi connectivity index (χ3n) is 8.76. The first kappa shape index (κ1) is 14.9. The maximum absolute atomic E-state index is 11.9. The lowest BCUT2D eigenvalue weighted by atomic mass is 9.42. The molecule has 4 aliphatic rings. The Morgan fingerprint density at radius 3 is 2.45 bits per heavy atom. The minimum absolute atomic E-state index is 0.107. The third kappa shape index (κ3) is 1.63. The molecule has 3 saturated carbocycles. The first-order valence-corrected chi connectivity index (χ1v) is 9.23. The minimum Gasteiger partial charge on any atom is -0.393 e. The maximum Gasteiger partial charge on any atom is 0.155 e. The van der Waals surface area contributed by atoms with Crippen LogP contribution in [0.2, 0.25) is 0 Å². The van der Waals surface area contributed by atoms with Crippen molar-refractivity contribution in [2.75, 3.05) is 0 Å². The van der Waals surface area contributed by atoms with E-state index in [-0.39, 0.29) is 22.3 Å². The predicted octanol–water partition coefficient (Wildman–Crippen LogP) is 4.27. The lowest BCUT2D eigenvalue weighted by molar-refractivity contribution is -0.132. The number of carbonyl (C=O) groups is 1. The van der Waals surface area contributed by atoms with E-state index in [0.29, 0.717) is 11.7 Å². The molecule has 4 rings (SSSR count). The highest BCUT2D eigenvalue weighted by Gasteiger charge is 2.64. The molecule has 0 bridgehead atoms. The average Bonchev–Trinajstić information content (AvgIpc) is 2.72. The van der Waals surface area contributed by atoms with E-state index in [4.69, 9.17) is 0 Å². The Morgan fingerprint density at radius 1 is 0.955 bits per heavy atom. The lowest BCUT2D eigenvalue weighted by Crippen LogP contribution is -2.56. The van der Waals surface area contributed by atoms with Gasteiger partial charge in [0.15, 0.2) is 5.78 Å². The van der Waals surface area contributed by atoms with E-state index in [9.17, 15) is 9.90 Å². The molecule has 2 nitrogen and oxygen atoms in total. The summed E-state index contributed by atoms with van der Waals surface area (Å²) >= 11 is 0. The highest BCUT2D eigenvalue weighted by atomic mass is 16.3. The van der Waals surface area contributed by atoms with Gasteiger partial charge in [0, 0.05) is 6.42 Å². The molecule has 0 aromatic rings. The summed E-state index contributed by atoms with van der Waals surface area (Å²) in [5.41, 5.74) is 2.08. The van der Waals surface area contributed by atoms with E-state index in [1.807, 2.05) is 6.08 Å². The van der Waals surface area contributed by atoms with Gasteiger partial charge in [-0.3, -0.25) is 4.79 Å². The van der Waals surface area contributed by atoms with E-state index < -0.39 is 0 Å². The summed E-state index contributed by atoms with van der Waals surface area (Å²) in [6.07, 6.45) is 10.5. The van der Waals surface area contributed by atoms with Gasteiger partial charge in [-0.05, 0) is 79.1 Å². The van der Waals surface area contributed by atoms with Gasteiger partial charge in [-0.25, -0.2) is 0 Å². The molecule has 6 unspecified atom stereocenters. The van der Waals surface area contributed by atoms with Gasteiger partial charge < -0.3 is 5.11 Å². The Morgan fingerprint density at radius 2 is 1.68 bits per heavy atom. The van der Waals surface area contributed by atoms with Crippen molar-refractivity contribution in [1.29, 1.82) is 0 Å². The highest BCUT2D eigenvalue weighted by Crippen LogP contribution is 2.70. The molecule has 122 valence electrons. The Kier molecular flexibility index (Phi) is 3.03. The molecule has 2 heteroatoms. The predicted molar refractivity (Wildman–Crippen MR) is 87.3 cm³/mol. The number of carbonyl (C=O) groups excluding carboxylic acids is 1. The van der Waals surface area contributed by atoms with Crippen molar-refractivity contribution < 1.29 is 9.90 Å². The fraction of sp³-hybridized carbons (Fsp3) is 0.850. The van der Waals surface area contributed by atoms with Gasteiger partial charge in [0.05, 0.1) is 6.10 Å². The van der Waals surface area contributed by atoms with Crippen molar-refractivity contribution >= 4 is 5.78 Å². The van der Waals surface area contributed by atoms with Crippen LogP contribution in [0.4, 0.5) is 0 Å². The topological polar surface area (TPSA) is 37.3 Å². The second kappa shape index (κ2) is 4.47. The fourth-order valence-corrected chi connectivity index (χ4v) is 6.93. The number of allylic oxidation sites excluding steroid dienone is 1. The standard InChI is InChI=1S/C20H30O2/c1-18-9-6-14(21)12-13(18)4-5-16-15(18)7-10-20(3)17(22)8-11-19(16,20)2/h12,15-17,22H,4-11H2,1-3H3. The second-order valence-electron chi connectivity index (χ2n) is 9.23. The summed E-state index contributed by atoms with van der Waals surface area (Å²) < 4.78 is 0. The van der Waals surface area contributed by atoms with Crippen molar-refractivity contribution in [1.82, 2.24) is 0 Å². The molecule has 0 amide bonds. The molecule has 0 saturated heterocycles. The molecular formula is C20H30O2. The van der Waals surface area contributed by atoms with Gasteiger partial charge in [-0.2, -0.15) is 0 Å². The van der Waals surface area contributed by atoms with Gasteiger partial charge in [0.1, 0.15) is 0 Å². The molecule has 0 aromatic carbocycles. The highest BCUT2D eigenvalue weighted by molar-refractivity contribution is 5.91. The van der Waals surface area contributed by atoms with Crippen LogP contribution in [0.25, 0.3) is 0 Å². The summed E-state index contributed by atoms with van der Waals surface area (Å²) in [6.45, 7) is 7.24. The van der Waals surface area contributed by atoms with Gasteiger partial charge >= 0.3 is 0 Å². The first-order valence-electron chi connectivity index (χ1n) is 9.23. The zero-order valence-electron chi connectivity index (χ0n) is 14.3. The number of aliphatic hydroxyl groups is 1. The van der Waals surface area contributed by atoms with Crippen molar-refractivity contribution in [3.63, 3.8) is 0 Å². The van der Waals surface area contributed by atoms with E-state index >= 15 is 0 Å². The number of hydrogen-bond donors (Lipinski definition) is 1. The van der Waals surface area contributed by atoms with Crippen molar-refractivity contribution in [2.24, 2.45) is 28.1 Å². The summed E-state index contributed by atoms with van der Waals surface area (Å²) in [4.78, 5) is 11.9. The molecule has 3 fully saturated rings. The van der Waals surface area contributed by atoms with E-state index in [0.717, 1.165) is 38.0 Å². The van der Waals surface area contributed by atoms with Crippen LogP contribution >= 0.6 is 0 Å². The van der Waals surface area contributed by atoms with Gasteiger partial charge in [0.25, 0.3) is 0 Å². The Labute approximate surface area is 134 Å². The quantitative estimate of drug-likeness (QED) is 0.725. The normalized spacial score (nSPS) is 54.3. The number of ketones is 1. The largest absolute Gasteiger partial charge is 0.393 e. The average molecular weight is 302 g/mol. The third-order valence-corrected chi connectivity index (χ3v) is 8.76. The van der Waals surface area contributed by atoms with Crippen molar-refractivity contribution in [2.45, 2.75) is 78.2 Å². The summed E-state index contributed by atoms with van der Waals surface area (Å²) in [6, 6.07) is 0. The van der Waals surface area contributed by atoms with Crippen LogP contribution in [0, 0.1) is 28.1 Å². The van der Waals surface area contributed by atoms with Crippen LogP contribution in [-0.2, 0) is 4.79 Å². The van der Waals surface area contributed by atoms with Gasteiger partial charge in [0.2, 0.25) is 0 Å².